The zero-order valence-electron chi connectivity index (χ0n) is 15.7. The number of alkyl carbamates (subject to hydrolysis) is 1. The first-order valence-electron chi connectivity index (χ1n) is 9.30. The Hall–Kier alpha value is -2.83. The molecule has 1 spiro atoms. The van der Waals surface area contributed by atoms with Crippen LogP contribution in [0.25, 0.3) is 0 Å². The van der Waals surface area contributed by atoms with Gasteiger partial charge in [-0.1, -0.05) is 12.1 Å². The van der Waals surface area contributed by atoms with Gasteiger partial charge in [-0.3, -0.25) is 9.48 Å². The molecule has 1 N–H and O–H groups in total. The molecule has 2 amide bonds. The van der Waals surface area contributed by atoms with Crippen LogP contribution in [-0.2, 0) is 11.3 Å². The quantitative estimate of drug-likeness (QED) is 0.902. The van der Waals surface area contributed by atoms with Crippen LogP contribution >= 0.6 is 0 Å². The third-order valence-corrected chi connectivity index (χ3v) is 5.30. The van der Waals surface area contributed by atoms with Crippen LogP contribution < -0.4 is 5.32 Å². The minimum absolute atomic E-state index is 0.0211. The van der Waals surface area contributed by atoms with E-state index in [1.165, 1.54) is 0 Å². The molecule has 4 rings (SSSR count). The van der Waals surface area contributed by atoms with Crippen LogP contribution in [0.15, 0.2) is 30.3 Å². The summed E-state index contributed by atoms with van der Waals surface area (Å²) in [6, 6.07) is 9.73. The molecule has 2 aromatic rings. The first-order chi connectivity index (χ1) is 12.9. The van der Waals surface area contributed by atoms with Gasteiger partial charge in [0.15, 0.2) is 0 Å². The van der Waals surface area contributed by atoms with Crippen molar-refractivity contribution in [1.29, 1.82) is 0 Å². The Labute approximate surface area is 158 Å². The standard InChI is InChI=1S/C20H24N4O3/c1-14-9-15(2)24(22-14)11-16-5-3-6-17(10-16)18(25)23-8-4-7-20(13-23)12-21-19(26)27-20/h3,5-6,9-10H,4,7-8,11-13H2,1-2H3,(H,21,26)/t20-/m0/s1. The summed E-state index contributed by atoms with van der Waals surface area (Å²) >= 11 is 0. The zero-order chi connectivity index (χ0) is 19.0. The van der Waals surface area contributed by atoms with Crippen molar-refractivity contribution < 1.29 is 14.3 Å². The normalized spacial score (nSPS) is 22.0. The lowest BCUT2D eigenvalue weighted by Gasteiger charge is -2.38. The number of amides is 2. The highest BCUT2D eigenvalue weighted by Gasteiger charge is 2.44. The molecule has 1 aromatic carbocycles. The van der Waals surface area contributed by atoms with Gasteiger partial charge >= 0.3 is 6.09 Å². The van der Waals surface area contributed by atoms with Crippen molar-refractivity contribution in [3.05, 3.63) is 52.8 Å². The van der Waals surface area contributed by atoms with Crippen LogP contribution in [0.1, 0.15) is 40.2 Å². The molecule has 2 aliphatic heterocycles. The predicted octanol–water partition coefficient (Wildman–Crippen LogP) is 2.26. The van der Waals surface area contributed by atoms with E-state index in [1.54, 1.807) is 4.90 Å². The van der Waals surface area contributed by atoms with Crippen molar-refractivity contribution in [1.82, 2.24) is 20.0 Å². The van der Waals surface area contributed by atoms with E-state index in [9.17, 15) is 9.59 Å². The summed E-state index contributed by atoms with van der Waals surface area (Å²) in [5.41, 5.74) is 3.19. The number of benzene rings is 1. The van der Waals surface area contributed by atoms with Gasteiger partial charge in [0.1, 0.15) is 5.60 Å². The van der Waals surface area contributed by atoms with Gasteiger partial charge in [-0.2, -0.15) is 5.10 Å². The van der Waals surface area contributed by atoms with Crippen molar-refractivity contribution >= 4 is 12.0 Å². The average Bonchev–Trinajstić information content (AvgIpc) is 3.16. The number of carbonyl (C=O) groups excluding carboxylic acids is 2. The molecule has 142 valence electrons. The molecule has 0 aliphatic carbocycles. The van der Waals surface area contributed by atoms with Gasteiger partial charge in [0.05, 0.1) is 25.3 Å². The SMILES string of the molecule is Cc1cc(C)n(Cc2cccc(C(=O)N3CCC[C@]4(CNC(=O)O4)C3)c2)n1. The Balaban J connectivity index is 1.50. The van der Waals surface area contributed by atoms with E-state index >= 15 is 0 Å². The summed E-state index contributed by atoms with van der Waals surface area (Å²) in [6.45, 7) is 6.21. The second kappa shape index (κ2) is 6.72. The molecule has 7 heteroatoms. The maximum Gasteiger partial charge on any atom is 0.407 e. The Morgan fingerprint density at radius 1 is 1.33 bits per heavy atom. The first kappa shape index (κ1) is 17.6. The second-order valence-corrected chi connectivity index (χ2v) is 7.54. The Bertz CT molecular complexity index is 891. The van der Waals surface area contributed by atoms with Crippen LogP contribution in [0.2, 0.25) is 0 Å². The number of hydrogen-bond acceptors (Lipinski definition) is 4. The van der Waals surface area contributed by atoms with E-state index in [0.717, 1.165) is 29.8 Å². The third-order valence-electron chi connectivity index (χ3n) is 5.30. The lowest BCUT2D eigenvalue weighted by Crippen LogP contribution is -2.52. The molecule has 0 radical (unpaired) electrons. The van der Waals surface area contributed by atoms with Crippen molar-refractivity contribution in [3.63, 3.8) is 0 Å². The fourth-order valence-electron chi connectivity index (χ4n) is 3.99. The molecule has 1 atom stereocenters. The molecule has 0 bridgehead atoms. The Morgan fingerprint density at radius 2 is 2.19 bits per heavy atom. The van der Waals surface area contributed by atoms with Crippen molar-refractivity contribution in [2.24, 2.45) is 0 Å². The number of piperidine rings is 1. The van der Waals surface area contributed by atoms with Crippen LogP contribution in [0, 0.1) is 13.8 Å². The van der Waals surface area contributed by atoms with Gasteiger partial charge in [0.25, 0.3) is 5.91 Å². The highest BCUT2D eigenvalue weighted by molar-refractivity contribution is 5.94. The van der Waals surface area contributed by atoms with E-state index in [0.29, 0.717) is 31.7 Å². The fraction of sp³-hybridized carbons (Fsp3) is 0.450. The van der Waals surface area contributed by atoms with Gasteiger partial charge in [0, 0.05) is 17.8 Å². The number of nitrogens with zero attached hydrogens (tertiary/aromatic N) is 3. The summed E-state index contributed by atoms with van der Waals surface area (Å²) in [5.74, 6) is -0.0211. The van der Waals surface area contributed by atoms with Crippen molar-refractivity contribution in [2.75, 3.05) is 19.6 Å². The molecule has 2 saturated heterocycles. The van der Waals surface area contributed by atoms with Crippen LogP contribution in [-0.4, -0.2) is 51.9 Å². The zero-order valence-corrected chi connectivity index (χ0v) is 15.7. The molecule has 27 heavy (non-hydrogen) atoms. The van der Waals surface area contributed by atoms with E-state index in [4.69, 9.17) is 4.74 Å². The van der Waals surface area contributed by atoms with Gasteiger partial charge in [0.2, 0.25) is 0 Å². The lowest BCUT2D eigenvalue weighted by molar-refractivity contribution is -0.00504. The number of likely N-dealkylation sites (tertiary alicyclic amines) is 1. The molecule has 0 saturated carbocycles. The maximum atomic E-state index is 13.0. The Kier molecular flexibility index (Phi) is 4.37. The minimum atomic E-state index is -0.577. The monoisotopic (exact) mass is 368 g/mol. The summed E-state index contributed by atoms with van der Waals surface area (Å²) in [7, 11) is 0. The van der Waals surface area contributed by atoms with E-state index in [1.807, 2.05) is 48.9 Å². The molecule has 2 aliphatic rings. The largest absolute Gasteiger partial charge is 0.439 e. The van der Waals surface area contributed by atoms with Crippen LogP contribution in [0.5, 0.6) is 0 Å². The molecule has 0 unspecified atom stereocenters. The van der Waals surface area contributed by atoms with Crippen molar-refractivity contribution in [2.45, 2.75) is 38.8 Å². The number of rotatable bonds is 3. The molecular formula is C20H24N4O3. The molecule has 1 aromatic heterocycles. The van der Waals surface area contributed by atoms with Gasteiger partial charge in [-0.05, 0) is 50.5 Å². The number of hydrogen-bond donors (Lipinski definition) is 1. The second-order valence-electron chi connectivity index (χ2n) is 7.54. The highest BCUT2D eigenvalue weighted by Crippen LogP contribution is 2.29. The molecular weight excluding hydrogens is 344 g/mol. The van der Waals surface area contributed by atoms with Crippen LogP contribution in [0.4, 0.5) is 4.79 Å². The molecule has 7 nitrogen and oxygen atoms in total. The topological polar surface area (TPSA) is 76.5 Å². The van der Waals surface area contributed by atoms with Gasteiger partial charge < -0.3 is 15.0 Å². The van der Waals surface area contributed by atoms with E-state index in [2.05, 4.69) is 10.4 Å². The van der Waals surface area contributed by atoms with Crippen molar-refractivity contribution in [3.8, 4) is 0 Å². The summed E-state index contributed by atoms with van der Waals surface area (Å²) < 4.78 is 7.41. The van der Waals surface area contributed by atoms with Crippen LogP contribution in [0.3, 0.4) is 0 Å². The maximum absolute atomic E-state index is 13.0. The third kappa shape index (κ3) is 3.54. The molecule has 2 fully saturated rings. The number of nitrogens with one attached hydrogen (secondary N) is 1. The van der Waals surface area contributed by atoms with E-state index in [-0.39, 0.29) is 5.91 Å². The number of aryl methyl sites for hydroxylation is 2. The predicted molar refractivity (Wildman–Crippen MR) is 99.6 cm³/mol. The lowest BCUT2D eigenvalue weighted by atomic mass is 9.92. The van der Waals surface area contributed by atoms with E-state index < -0.39 is 11.7 Å². The highest BCUT2D eigenvalue weighted by atomic mass is 16.6. The average molecular weight is 368 g/mol. The van der Waals surface area contributed by atoms with Gasteiger partial charge in [-0.15, -0.1) is 0 Å². The number of ether oxygens (including phenoxy) is 1. The fourth-order valence-corrected chi connectivity index (χ4v) is 3.99. The minimum Gasteiger partial charge on any atom is -0.439 e. The number of carbonyl (C=O) groups is 2. The Morgan fingerprint density at radius 3 is 2.89 bits per heavy atom. The number of aromatic nitrogens is 2. The summed E-state index contributed by atoms with van der Waals surface area (Å²) in [6.07, 6.45) is 1.22. The first-order valence-corrected chi connectivity index (χ1v) is 9.30. The molecule has 3 heterocycles. The van der Waals surface area contributed by atoms with Gasteiger partial charge in [-0.25, -0.2) is 4.79 Å². The summed E-state index contributed by atoms with van der Waals surface area (Å²) in [5, 5.41) is 7.21. The summed E-state index contributed by atoms with van der Waals surface area (Å²) in [4.78, 5) is 26.3. The smallest absolute Gasteiger partial charge is 0.407 e.